The van der Waals surface area contributed by atoms with Gasteiger partial charge in [0.25, 0.3) is 5.91 Å². The van der Waals surface area contributed by atoms with Crippen LogP contribution in [-0.2, 0) is 19.4 Å². The Hall–Kier alpha value is -1.78. The van der Waals surface area contributed by atoms with E-state index in [0.29, 0.717) is 16.9 Å². The van der Waals surface area contributed by atoms with Gasteiger partial charge in [-0.1, -0.05) is 36.1 Å². The van der Waals surface area contributed by atoms with E-state index < -0.39 is 27.8 Å². The molecule has 0 saturated carbocycles. The molecule has 1 aromatic carbocycles. The smallest absolute Gasteiger partial charge is 0.266 e. The number of amides is 2. The van der Waals surface area contributed by atoms with Gasteiger partial charge in [0, 0.05) is 13.1 Å². The highest BCUT2D eigenvalue weighted by atomic mass is 32.2. The Morgan fingerprint density at radius 3 is 2.61 bits per heavy atom. The van der Waals surface area contributed by atoms with Gasteiger partial charge in [-0.3, -0.25) is 14.5 Å². The van der Waals surface area contributed by atoms with Gasteiger partial charge in [-0.2, -0.15) is 0 Å². The van der Waals surface area contributed by atoms with Gasteiger partial charge < -0.3 is 4.90 Å². The quantitative estimate of drug-likeness (QED) is 0.525. The molecule has 2 aliphatic heterocycles. The molecule has 2 amide bonds. The minimum atomic E-state index is -3.13. The molecule has 1 aromatic rings. The lowest BCUT2D eigenvalue weighted by molar-refractivity contribution is -0.139. The van der Waals surface area contributed by atoms with Gasteiger partial charge >= 0.3 is 0 Å². The molecule has 0 aromatic heterocycles. The zero-order chi connectivity index (χ0) is 20.6. The monoisotopic (exact) mass is 442 g/mol. The van der Waals surface area contributed by atoms with Crippen molar-refractivity contribution in [3.05, 3.63) is 40.6 Å². The van der Waals surface area contributed by atoms with Crippen molar-refractivity contribution >= 4 is 56.0 Å². The summed E-state index contributed by atoms with van der Waals surface area (Å²) in [6.07, 6.45) is 1.99. The molecule has 2 saturated heterocycles. The standard InChI is InChI=1S/C18H19FN2O4S3/c1-11(16(22)20(2)14-7-8-28(24,25)10-14)21-17(23)15(27-18(21)26)9-12-3-5-13(19)6-4-12/h3-6,9,11,14H,7-8,10H2,1-2H3/b15-9-/t11-,14-/m1/s1. The highest BCUT2D eigenvalue weighted by Crippen LogP contribution is 2.34. The Balaban J connectivity index is 1.75. The number of hydrogen-bond donors (Lipinski definition) is 0. The summed E-state index contributed by atoms with van der Waals surface area (Å²) in [6, 6.07) is 4.44. The predicted octanol–water partition coefficient (Wildman–Crippen LogP) is 2.06. The average Bonchev–Trinajstić information content (AvgIpc) is 3.14. The van der Waals surface area contributed by atoms with Crippen molar-refractivity contribution in [3.63, 3.8) is 0 Å². The summed E-state index contributed by atoms with van der Waals surface area (Å²) in [4.78, 5) is 28.6. The molecule has 0 bridgehead atoms. The molecule has 2 atom stereocenters. The van der Waals surface area contributed by atoms with Crippen LogP contribution >= 0.6 is 24.0 Å². The molecule has 0 spiro atoms. The van der Waals surface area contributed by atoms with Crippen molar-refractivity contribution < 1.29 is 22.4 Å². The van der Waals surface area contributed by atoms with Gasteiger partial charge in [-0.05, 0) is 37.1 Å². The van der Waals surface area contributed by atoms with Gasteiger partial charge in [-0.15, -0.1) is 0 Å². The average molecular weight is 443 g/mol. The van der Waals surface area contributed by atoms with Crippen LogP contribution in [0.1, 0.15) is 18.9 Å². The summed E-state index contributed by atoms with van der Waals surface area (Å²) in [6.45, 7) is 1.58. The molecule has 10 heteroatoms. The topological polar surface area (TPSA) is 74.8 Å². The van der Waals surface area contributed by atoms with Crippen LogP contribution in [0.15, 0.2) is 29.2 Å². The number of thioether (sulfide) groups is 1. The maximum absolute atomic E-state index is 13.0. The van der Waals surface area contributed by atoms with Crippen LogP contribution in [0.3, 0.4) is 0 Å². The first-order chi connectivity index (χ1) is 13.1. The molecule has 2 fully saturated rings. The van der Waals surface area contributed by atoms with Crippen molar-refractivity contribution in [2.45, 2.75) is 25.4 Å². The zero-order valence-electron chi connectivity index (χ0n) is 15.3. The highest BCUT2D eigenvalue weighted by Gasteiger charge is 2.41. The summed E-state index contributed by atoms with van der Waals surface area (Å²) in [5.74, 6) is -1.13. The zero-order valence-corrected chi connectivity index (χ0v) is 17.7. The third-order valence-corrected chi connectivity index (χ3v) is 7.92. The fraction of sp³-hybridized carbons (Fsp3) is 0.389. The first kappa shape index (κ1) is 20.9. The lowest BCUT2D eigenvalue weighted by atomic mass is 10.1. The van der Waals surface area contributed by atoms with Crippen molar-refractivity contribution in [3.8, 4) is 0 Å². The number of thiocarbonyl (C=S) groups is 1. The molecular formula is C18H19FN2O4S3. The fourth-order valence-corrected chi connectivity index (χ4v) is 6.38. The van der Waals surface area contributed by atoms with E-state index in [-0.39, 0.29) is 27.6 Å². The molecule has 0 radical (unpaired) electrons. The number of hydrogen-bond acceptors (Lipinski definition) is 6. The number of rotatable bonds is 4. The van der Waals surface area contributed by atoms with Crippen molar-refractivity contribution in [2.24, 2.45) is 0 Å². The minimum absolute atomic E-state index is 0.0606. The van der Waals surface area contributed by atoms with E-state index in [1.165, 1.54) is 21.9 Å². The summed E-state index contributed by atoms with van der Waals surface area (Å²) in [5.41, 5.74) is 0.647. The van der Waals surface area contributed by atoms with Crippen molar-refractivity contribution in [1.29, 1.82) is 0 Å². The van der Waals surface area contributed by atoms with Crippen molar-refractivity contribution in [1.82, 2.24) is 9.80 Å². The SMILES string of the molecule is C[C@H](C(=O)N(C)[C@@H]1CCS(=O)(=O)C1)N1C(=O)/C(=C/c2ccc(F)cc2)SC1=S. The van der Waals surface area contributed by atoms with E-state index in [1.54, 1.807) is 32.2 Å². The molecule has 2 aliphatic rings. The molecule has 28 heavy (non-hydrogen) atoms. The first-order valence-corrected chi connectivity index (χ1v) is 11.6. The number of halogens is 1. The number of sulfone groups is 1. The lowest BCUT2D eigenvalue weighted by Gasteiger charge is -2.30. The molecule has 6 nitrogen and oxygen atoms in total. The van der Waals surface area contributed by atoms with E-state index in [2.05, 4.69) is 0 Å². The Bertz CT molecular complexity index is 960. The van der Waals surface area contributed by atoms with Crippen LogP contribution in [0, 0.1) is 5.82 Å². The second-order valence-corrected chi connectivity index (χ2v) is 10.7. The second kappa shape index (κ2) is 7.92. The molecule has 0 N–H and O–H groups in total. The van der Waals surface area contributed by atoms with E-state index in [1.807, 2.05) is 0 Å². The molecular weight excluding hydrogens is 423 g/mol. The van der Waals surface area contributed by atoms with Crippen LogP contribution in [-0.4, -0.2) is 65.0 Å². The van der Waals surface area contributed by atoms with E-state index in [4.69, 9.17) is 12.2 Å². The molecule has 0 unspecified atom stereocenters. The third-order valence-electron chi connectivity index (χ3n) is 4.84. The van der Waals surface area contributed by atoms with E-state index in [0.717, 1.165) is 11.8 Å². The normalized spacial score (nSPS) is 24.0. The van der Waals surface area contributed by atoms with Gasteiger partial charge in [0.05, 0.1) is 16.4 Å². The van der Waals surface area contributed by atoms with Gasteiger partial charge in [0.2, 0.25) is 5.91 Å². The summed E-state index contributed by atoms with van der Waals surface area (Å²) < 4.78 is 36.7. The number of likely N-dealkylation sites (N-methyl/N-ethyl adjacent to an activating group) is 1. The van der Waals surface area contributed by atoms with Crippen LogP contribution in [0.4, 0.5) is 4.39 Å². The molecule has 3 rings (SSSR count). The van der Waals surface area contributed by atoms with Crippen molar-refractivity contribution in [2.75, 3.05) is 18.6 Å². The predicted molar refractivity (Wildman–Crippen MR) is 111 cm³/mol. The van der Waals surface area contributed by atoms with Gasteiger partial charge in [-0.25, -0.2) is 12.8 Å². The van der Waals surface area contributed by atoms with Gasteiger partial charge in [0.1, 0.15) is 16.2 Å². The van der Waals surface area contributed by atoms with Gasteiger partial charge in [0.15, 0.2) is 9.84 Å². The summed E-state index contributed by atoms with van der Waals surface area (Å²) in [5, 5.41) is 0. The first-order valence-electron chi connectivity index (χ1n) is 8.59. The number of carbonyl (C=O) groups is 2. The van der Waals surface area contributed by atoms with E-state index in [9.17, 15) is 22.4 Å². The Labute approximate surface area is 172 Å². The Morgan fingerprint density at radius 1 is 1.39 bits per heavy atom. The van der Waals surface area contributed by atoms with Crippen LogP contribution in [0.5, 0.6) is 0 Å². The summed E-state index contributed by atoms with van der Waals surface area (Å²) >= 11 is 6.36. The van der Waals surface area contributed by atoms with Crippen LogP contribution in [0.25, 0.3) is 6.08 Å². The number of benzene rings is 1. The Morgan fingerprint density at radius 2 is 2.04 bits per heavy atom. The fourth-order valence-electron chi connectivity index (χ4n) is 3.19. The second-order valence-electron chi connectivity index (χ2n) is 6.79. The van der Waals surface area contributed by atoms with Crippen LogP contribution in [0.2, 0.25) is 0 Å². The van der Waals surface area contributed by atoms with Crippen LogP contribution < -0.4 is 0 Å². The van der Waals surface area contributed by atoms with E-state index >= 15 is 0 Å². The lowest BCUT2D eigenvalue weighted by Crippen LogP contribution is -2.50. The number of nitrogens with zero attached hydrogens (tertiary/aromatic N) is 2. The molecule has 0 aliphatic carbocycles. The summed E-state index contributed by atoms with van der Waals surface area (Å²) in [7, 11) is -1.57. The highest BCUT2D eigenvalue weighted by molar-refractivity contribution is 8.26. The molecule has 150 valence electrons. The number of carbonyl (C=O) groups excluding carboxylic acids is 2. The molecule has 2 heterocycles. The third kappa shape index (κ3) is 4.28. The maximum Gasteiger partial charge on any atom is 0.266 e. The maximum atomic E-state index is 13.0. The Kier molecular flexibility index (Phi) is 5.92. The minimum Gasteiger partial charge on any atom is -0.340 e. The largest absolute Gasteiger partial charge is 0.340 e.